The zero-order chi connectivity index (χ0) is 12.3. The predicted molar refractivity (Wildman–Crippen MR) is 59.7 cm³/mol. The lowest BCUT2D eigenvalue weighted by molar-refractivity contribution is -0.115. The first-order valence-corrected chi connectivity index (χ1v) is 5.31. The Bertz CT molecular complexity index is 335. The summed E-state index contributed by atoms with van der Waals surface area (Å²) >= 11 is 0. The van der Waals surface area contributed by atoms with Crippen molar-refractivity contribution in [2.45, 2.75) is 32.8 Å². The molecule has 1 aliphatic carbocycles. The highest BCUT2D eigenvalue weighted by Crippen LogP contribution is 2.38. The molecule has 0 heterocycles. The second-order valence-electron chi connectivity index (χ2n) is 4.99. The highest BCUT2D eigenvalue weighted by molar-refractivity contribution is 5.98. The van der Waals surface area contributed by atoms with E-state index in [-0.39, 0.29) is 17.6 Å². The Labute approximate surface area is 95.7 Å². The van der Waals surface area contributed by atoms with Crippen molar-refractivity contribution in [2.24, 2.45) is 11.8 Å². The molecular formula is C12H17NO3. The Hall–Kier alpha value is -1.50. The van der Waals surface area contributed by atoms with E-state index in [9.17, 15) is 9.59 Å². The monoisotopic (exact) mass is 223 g/mol. The number of carbonyl (C=O) groups is 2. The molecule has 0 radical (unpaired) electrons. The quantitative estimate of drug-likeness (QED) is 0.580. The second kappa shape index (κ2) is 4.56. The van der Waals surface area contributed by atoms with Gasteiger partial charge in [0.25, 0.3) is 0 Å². The molecule has 0 aliphatic heterocycles. The standard InChI is InChI=1S/C12H17NO3/c1-5-10(14)9-6-8(9)7-13-11(15)16-12(2,3)4/h1,8-9H,6-7H2,2-4H3,(H,13,15)/t8-,9-/m0/s1. The molecule has 0 aromatic carbocycles. The van der Waals surface area contributed by atoms with Gasteiger partial charge in [0.2, 0.25) is 5.78 Å². The maximum absolute atomic E-state index is 11.3. The number of hydrogen-bond donors (Lipinski definition) is 1. The molecular weight excluding hydrogens is 206 g/mol. The number of alkyl carbamates (subject to hydrolysis) is 1. The molecule has 1 aliphatic rings. The summed E-state index contributed by atoms with van der Waals surface area (Å²) in [5.74, 6) is 2.04. The van der Waals surface area contributed by atoms with Crippen molar-refractivity contribution in [1.29, 1.82) is 0 Å². The molecule has 4 nitrogen and oxygen atoms in total. The van der Waals surface area contributed by atoms with Crippen LogP contribution in [0.1, 0.15) is 27.2 Å². The van der Waals surface area contributed by atoms with Crippen LogP contribution in [0.15, 0.2) is 0 Å². The molecule has 0 bridgehead atoms. The van der Waals surface area contributed by atoms with E-state index in [2.05, 4.69) is 11.2 Å². The third-order valence-corrected chi connectivity index (χ3v) is 2.31. The normalized spacial score (nSPS) is 23.1. The van der Waals surface area contributed by atoms with Crippen LogP contribution in [0.3, 0.4) is 0 Å². The number of ether oxygens (including phenoxy) is 1. The van der Waals surface area contributed by atoms with Crippen LogP contribution in [0.25, 0.3) is 0 Å². The molecule has 88 valence electrons. The number of hydrogen-bond acceptors (Lipinski definition) is 3. The molecule has 0 aromatic rings. The lowest BCUT2D eigenvalue weighted by Crippen LogP contribution is -2.33. The fraction of sp³-hybridized carbons (Fsp3) is 0.667. The lowest BCUT2D eigenvalue weighted by Gasteiger charge is -2.19. The summed E-state index contributed by atoms with van der Waals surface area (Å²) in [7, 11) is 0. The summed E-state index contributed by atoms with van der Waals surface area (Å²) in [5, 5.41) is 2.63. The third-order valence-electron chi connectivity index (χ3n) is 2.31. The van der Waals surface area contributed by atoms with Crippen LogP contribution in [0.5, 0.6) is 0 Å². The molecule has 16 heavy (non-hydrogen) atoms. The van der Waals surface area contributed by atoms with Crippen LogP contribution < -0.4 is 5.32 Å². The molecule has 1 N–H and O–H groups in total. The van der Waals surface area contributed by atoms with Crippen LogP contribution in [-0.2, 0) is 9.53 Å². The van der Waals surface area contributed by atoms with Gasteiger partial charge in [-0.25, -0.2) is 4.79 Å². The summed E-state index contributed by atoms with van der Waals surface area (Å²) in [6.07, 6.45) is 5.31. The van der Waals surface area contributed by atoms with E-state index >= 15 is 0 Å². The molecule has 0 spiro atoms. The minimum atomic E-state index is -0.498. The van der Waals surface area contributed by atoms with E-state index < -0.39 is 11.7 Å². The molecule has 4 heteroatoms. The van der Waals surface area contributed by atoms with Crippen molar-refractivity contribution in [3.8, 4) is 12.3 Å². The lowest BCUT2D eigenvalue weighted by atomic mass is 10.2. The minimum Gasteiger partial charge on any atom is -0.444 e. The summed E-state index contributed by atoms with van der Waals surface area (Å²) in [6, 6.07) is 0. The van der Waals surface area contributed by atoms with Gasteiger partial charge < -0.3 is 10.1 Å². The Morgan fingerprint density at radius 2 is 2.12 bits per heavy atom. The van der Waals surface area contributed by atoms with Gasteiger partial charge in [0.05, 0.1) is 0 Å². The first-order valence-electron chi connectivity index (χ1n) is 5.31. The Morgan fingerprint density at radius 1 is 1.50 bits per heavy atom. The molecule has 0 saturated heterocycles. The van der Waals surface area contributed by atoms with Gasteiger partial charge >= 0.3 is 6.09 Å². The number of nitrogens with one attached hydrogen (secondary N) is 1. The summed E-state index contributed by atoms with van der Waals surface area (Å²) in [4.78, 5) is 22.4. The Balaban J connectivity index is 2.21. The van der Waals surface area contributed by atoms with Crippen LogP contribution in [0, 0.1) is 24.2 Å². The highest BCUT2D eigenvalue weighted by Gasteiger charge is 2.42. The maximum atomic E-state index is 11.3. The maximum Gasteiger partial charge on any atom is 0.407 e. The van der Waals surface area contributed by atoms with Crippen LogP contribution >= 0.6 is 0 Å². The van der Waals surface area contributed by atoms with Crippen molar-refractivity contribution < 1.29 is 14.3 Å². The van der Waals surface area contributed by atoms with Crippen molar-refractivity contribution >= 4 is 11.9 Å². The van der Waals surface area contributed by atoms with Gasteiger partial charge in [-0.15, -0.1) is 6.42 Å². The average molecular weight is 223 g/mol. The number of ketones is 1. The van der Waals surface area contributed by atoms with E-state index in [0.717, 1.165) is 6.42 Å². The van der Waals surface area contributed by atoms with Gasteiger partial charge in [-0.2, -0.15) is 0 Å². The third kappa shape index (κ3) is 3.93. The van der Waals surface area contributed by atoms with Gasteiger partial charge in [0.1, 0.15) is 5.60 Å². The molecule has 1 rings (SSSR count). The largest absolute Gasteiger partial charge is 0.444 e. The van der Waals surface area contributed by atoms with E-state index in [0.29, 0.717) is 6.54 Å². The predicted octanol–water partition coefficient (Wildman–Crippen LogP) is 1.35. The van der Waals surface area contributed by atoms with Crippen molar-refractivity contribution in [3.63, 3.8) is 0 Å². The number of Topliss-reactive ketones (excluding diaryl/α,β-unsaturated/α-hetero) is 1. The smallest absolute Gasteiger partial charge is 0.407 e. The van der Waals surface area contributed by atoms with Gasteiger partial charge in [-0.05, 0) is 39.0 Å². The molecule has 2 atom stereocenters. The summed E-state index contributed by atoms with van der Waals surface area (Å²) < 4.78 is 5.06. The first kappa shape index (κ1) is 12.6. The molecule has 0 unspecified atom stereocenters. The Kier molecular flexibility index (Phi) is 3.58. The van der Waals surface area contributed by atoms with E-state index in [1.807, 2.05) is 0 Å². The Morgan fingerprint density at radius 3 is 2.62 bits per heavy atom. The number of rotatable bonds is 3. The summed E-state index contributed by atoms with van der Waals surface area (Å²) in [5.41, 5.74) is -0.498. The van der Waals surface area contributed by atoms with Gasteiger partial charge in [0.15, 0.2) is 0 Å². The first-order chi connectivity index (χ1) is 7.33. The van der Waals surface area contributed by atoms with Gasteiger partial charge in [-0.3, -0.25) is 4.79 Å². The van der Waals surface area contributed by atoms with E-state index in [1.165, 1.54) is 0 Å². The zero-order valence-corrected chi connectivity index (χ0v) is 9.87. The average Bonchev–Trinajstić information content (AvgIpc) is 2.90. The minimum absolute atomic E-state index is 0.0695. The van der Waals surface area contributed by atoms with E-state index in [1.54, 1.807) is 20.8 Å². The van der Waals surface area contributed by atoms with Crippen LogP contribution in [0.4, 0.5) is 4.79 Å². The second-order valence-corrected chi connectivity index (χ2v) is 4.99. The zero-order valence-electron chi connectivity index (χ0n) is 9.87. The topological polar surface area (TPSA) is 55.4 Å². The fourth-order valence-corrected chi connectivity index (χ4v) is 1.43. The molecule has 1 amide bonds. The summed E-state index contributed by atoms with van der Waals surface area (Å²) in [6.45, 7) is 5.85. The van der Waals surface area contributed by atoms with Crippen LogP contribution in [0.2, 0.25) is 0 Å². The van der Waals surface area contributed by atoms with Gasteiger partial charge in [-0.1, -0.05) is 0 Å². The van der Waals surface area contributed by atoms with Crippen molar-refractivity contribution in [2.75, 3.05) is 6.54 Å². The van der Waals surface area contributed by atoms with Crippen molar-refractivity contribution in [3.05, 3.63) is 0 Å². The SMILES string of the molecule is C#CC(=O)[C@H]1C[C@H]1CNC(=O)OC(C)(C)C. The number of amides is 1. The highest BCUT2D eigenvalue weighted by atomic mass is 16.6. The molecule has 0 aromatic heterocycles. The fourth-order valence-electron chi connectivity index (χ4n) is 1.43. The number of carbonyl (C=O) groups excluding carboxylic acids is 2. The van der Waals surface area contributed by atoms with E-state index in [4.69, 9.17) is 11.2 Å². The van der Waals surface area contributed by atoms with Crippen molar-refractivity contribution in [1.82, 2.24) is 5.32 Å². The molecule has 1 fully saturated rings. The number of terminal acetylenes is 1. The van der Waals surface area contributed by atoms with Crippen LogP contribution in [-0.4, -0.2) is 24.0 Å². The molecule has 1 saturated carbocycles. The van der Waals surface area contributed by atoms with Gasteiger partial charge in [0, 0.05) is 12.5 Å².